The lowest BCUT2D eigenvalue weighted by molar-refractivity contribution is -0.183. The summed E-state index contributed by atoms with van der Waals surface area (Å²) >= 11 is 0. The molecule has 0 radical (unpaired) electrons. The summed E-state index contributed by atoms with van der Waals surface area (Å²) in [6.45, 7) is 3.80. The van der Waals surface area contributed by atoms with Gasteiger partial charge < -0.3 is 19.5 Å². The summed E-state index contributed by atoms with van der Waals surface area (Å²) < 4.78 is 12.3. The second kappa shape index (κ2) is 8.18. The van der Waals surface area contributed by atoms with Crippen LogP contribution in [-0.4, -0.2) is 50.6 Å². The average molecular weight is 466 g/mol. The Morgan fingerprint density at radius 3 is 2.50 bits per heavy atom. The molecule has 1 unspecified atom stereocenters. The fraction of sp³-hybridized carbons (Fsp3) is 0.690. The molecule has 6 rings (SSSR count). The quantitative estimate of drug-likeness (QED) is 0.656. The molecule has 4 aliphatic carbocycles. The van der Waals surface area contributed by atoms with Gasteiger partial charge in [0.1, 0.15) is 5.78 Å². The van der Waals surface area contributed by atoms with Gasteiger partial charge in [-0.3, -0.25) is 4.79 Å². The molecule has 1 spiro atoms. The van der Waals surface area contributed by atoms with Crippen molar-refractivity contribution in [3.8, 4) is 0 Å². The summed E-state index contributed by atoms with van der Waals surface area (Å²) in [6, 6.07) is 8.97. The first kappa shape index (κ1) is 22.8. The van der Waals surface area contributed by atoms with E-state index in [-0.39, 0.29) is 23.9 Å². The molecule has 1 aromatic rings. The number of carbonyl (C=O) groups excluding carboxylic acids is 1. The van der Waals surface area contributed by atoms with Crippen LogP contribution in [0.3, 0.4) is 0 Å². The van der Waals surface area contributed by atoms with E-state index in [9.17, 15) is 9.90 Å². The summed E-state index contributed by atoms with van der Waals surface area (Å²) in [7, 11) is 4.14. The smallest absolute Gasteiger partial charge is 0.169 e. The maximum atomic E-state index is 13.3. The van der Waals surface area contributed by atoms with E-state index in [1.54, 1.807) is 11.1 Å². The molecule has 6 atom stereocenters. The zero-order valence-corrected chi connectivity index (χ0v) is 20.9. The van der Waals surface area contributed by atoms with E-state index in [0.29, 0.717) is 43.2 Å². The highest BCUT2D eigenvalue weighted by Gasteiger charge is 2.59. The van der Waals surface area contributed by atoms with Crippen LogP contribution in [0.4, 0.5) is 5.69 Å². The number of anilines is 1. The van der Waals surface area contributed by atoms with Crippen molar-refractivity contribution >= 4 is 11.5 Å². The van der Waals surface area contributed by atoms with E-state index >= 15 is 0 Å². The van der Waals surface area contributed by atoms with E-state index in [1.807, 2.05) is 0 Å². The van der Waals surface area contributed by atoms with E-state index in [2.05, 4.69) is 50.2 Å². The van der Waals surface area contributed by atoms with E-state index in [0.717, 1.165) is 38.5 Å². The Labute approximate surface area is 203 Å². The number of allylic oxidation sites excluding steroid dienone is 2. The lowest BCUT2D eigenvalue weighted by atomic mass is 9.50. The molecular weight excluding hydrogens is 426 g/mol. The number of aliphatic hydroxyl groups excluding tert-OH is 1. The molecule has 5 heteroatoms. The Hall–Kier alpha value is -1.69. The van der Waals surface area contributed by atoms with Gasteiger partial charge in [0, 0.05) is 57.0 Å². The number of carbonyl (C=O) groups is 1. The molecule has 0 amide bonds. The molecule has 0 aromatic heterocycles. The van der Waals surface area contributed by atoms with Gasteiger partial charge in [-0.15, -0.1) is 0 Å². The summed E-state index contributed by atoms with van der Waals surface area (Å²) in [5.74, 6) is 1.53. The number of fused-ring (bicyclic) bond motifs is 4. The summed E-state index contributed by atoms with van der Waals surface area (Å²) in [4.78, 5) is 15.4. The van der Waals surface area contributed by atoms with Gasteiger partial charge in [-0.1, -0.05) is 30.2 Å². The normalized spacial score (nSPS) is 38.6. The number of rotatable bonds is 3. The standard InChI is InChI=1S/C29H39NO4/c1-28-16-23(18-4-6-21(7-5-18)30(2)3)27-22-10-11-29(33-12-13-34-29)15-19(22)14-20(17-31)26(27)24(28)8-9-25(28)32/h4-7,19-20,23-24,26,31H,8-17H2,1-3H3/t19?,20-,23-,24+,26+,28+/m1/s1. The molecule has 1 saturated heterocycles. The fourth-order valence-electron chi connectivity index (χ4n) is 8.44. The van der Waals surface area contributed by atoms with Crippen LogP contribution in [0.5, 0.6) is 0 Å². The lowest BCUT2D eigenvalue weighted by Crippen LogP contribution is -2.50. The molecule has 34 heavy (non-hydrogen) atoms. The zero-order chi connectivity index (χ0) is 23.7. The summed E-state index contributed by atoms with van der Waals surface area (Å²) in [5.41, 5.74) is 5.40. The van der Waals surface area contributed by atoms with Crippen molar-refractivity contribution in [3.05, 3.63) is 41.0 Å². The van der Waals surface area contributed by atoms with Crippen molar-refractivity contribution in [2.75, 3.05) is 38.8 Å². The largest absolute Gasteiger partial charge is 0.396 e. The molecule has 1 aliphatic heterocycles. The molecule has 1 aromatic carbocycles. The van der Waals surface area contributed by atoms with Crippen molar-refractivity contribution in [3.63, 3.8) is 0 Å². The first-order valence-electron chi connectivity index (χ1n) is 13.3. The third-order valence-corrected chi connectivity index (χ3v) is 10.1. The molecule has 5 aliphatic rings. The minimum absolute atomic E-state index is 0.194. The highest BCUT2D eigenvalue weighted by Crippen LogP contribution is 2.65. The number of ketones is 1. The third kappa shape index (κ3) is 3.34. The molecule has 3 saturated carbocycles. The van der Waals surface area contributed by atoms with Gasteiger partial charge in [0.15, 0.2) is 5.79 Å². The van der Waals surface area contributed by atoms with Crippen LogP contribution in [0.1, 0.15) is 63.4 Å². The predicted octanol–water partition coefficient (Wildman–Crippen LogP) is 4.69. The second-order valence-corrected chi connectivity index (χ2v) is 11.9. The SMILES string of the molecule is CN(C)c1ccc([C@H]2C[C@]3(C)C(=O)CC[C@H]3[C@H]3C2=C2CCC4(CC2C[C@@H]3CO)OCCO4)cc1. The zero-order valence-electron chi connectivity index (χ0n) is 20.9. The van der Waals surface area contributed by atoms with Crippen molar-refractivity contribution in [1.29, 1.82) is 0 Å². The maximum Gasteiger partial charge on any atom is 0.169 e. The number of benzene rings is 1. The molecule has 0 bridgehead atoms. The van der Waals surface area contributed by atoms with E-state index < -0.39 is 5.79 Å². The van der Waals surface area contributed by atoms with E-state index in [4.69, 9.17) is 9.47 Å². The molecule has 4 fully saturated rings. The van der Waals surface area contributed by atoms with Crippen LogP contribution in [0.2, 0.25) is 0 Å². The molecule has 5 nitrogen and oxygen atoms in total. The van der Waals surface area contributed by atoms with Gasteiger partial charge >= 0.3 is 0 Å². The molecular formula is C29H39NO4. The maximum absolute atomic E-state index is 13.3. The van der Waals surface area contributed by atoms with Crippen LogP contribution in [-0.2, 0) is 14.3 Å². The van der Waals surface area contributed by atoms with Gasteiger partial charge in [0.25, 0.3) is 0 Å². The first-order chi connectivity index (χ1) is 16.3. The topological polar surface area (TPSA) is 59.0 Å². The monoisotopic (exact) mass is 465 g/mol. The van der Waals surface area contributed by atoms with Crippen LogP contribution in [0.15, 0.2) is 35.4 Å². The van der Waals surface area contributed by atoms with Crippen LogP contribution in [0, 0.1) is 29.1 Å². The van der Waals surface area contributed by atoms with Crippen molar-refractivity contribution < 1.29 is 19.4 Å². The minimum atomic E-state index is -0.420. The van der Waals surface area contributed by atoms with Crippen molar-refractivity contribution in [2.24, 2.45) is 29.1 Å². The van der Waals surface area contributed by atoms with Gasteiger partial charge in [0.2, 0.25) is 0 Å². The lowest BCUT2D eigenvalue weighted by Gasteiger charge is -2.55. The van der Waals surface area contributed by atoms with Crippen molar-refractivity contribution in [1.82, 2.24) is 0 Å². The van der Waals surface area contributed by atoms with Crippen LogP contribution in [0.25, 0.3) is 0 Å². The Morgan fingerprint density at radius 2 is 1.82 bits per heavy atom. The molecule has 184 valence electrons. The van der Waals surface area contributed by atoms with Gasteiger partial charge in [0.05, 0.1) is 13.2 Å². The fourth-order valence-corrected chi connectivity index (χ4v) is 8.44. The molecule has 1 heterocycles. The highest BCUT2D eigenvalue weighted by atomic mass is 16.7. The second-order valence-electron chi connectivity index (χ2n) is 11.9. The summed E-state index contributed by atoms with van der Waals surface area (Å²) in [6.07, 6.45) is 6.39. The number of Topliss-reactive ketones (excluding diaryl/α,β-unsaturated/α-hetero) is 1. The number of ether oxygens (including phenoxy) is 2. The number of hydrogen-bond donors (Lipinski definition) is 1. The summed E-state index contributed by atoms with van der Waals surface area (Å²) in [5, 5.41) is 10.6. The van der Waals surface area contributed by atoms with E-state index in [1.165, 1.54) is 11.3 Å². The van der Waals surface area contributed by atoms with Gasteiger partial charge in [-0.05, 0) is 67.1 Å². The number of nitrogens with zero attached hydrogens (tertiary/aromatic N) is 1. The first-order valence-corrected chi connectivity index (χ1v) is 13.3. The Kier molecular flexibility index (Phi) is 5.47. The van der Waals surface area contributed by atoms with Crippen LogP contribution >= 0.6 is 0 Å². The molecule has 1 N–H and O–H groups in total. The number of hydrogen-bond acceptors (Lipinski definition) is 5. The highest BCUT2D eigenvalue weighted by molar-refractivity contribution is 5.87. The Balaban J connectivity index is 1.47. The van der Waals surface area contributed by atoms with Crippen LogP contribution < -0.4 is 4.90 Å². The Morgan fingerprint density at radius 1 is 1.09 bits per heavy atom. The minimum Gasteiger partial charge on any atom is -0.396 e. The average Bonchev–Trinajstić information content (AvgIpc) is 3.41. The number of aliphatic hydroxyl groups is 1. The third-order valence-electron chi connectivity index (χ3n) is 10.1. The Bertz CT molecular complexity index is 992. The van der Waals surface area contributed by atoms with Gasteiger partial charge in [-0.2, -0.15) is 0 Å². The van der Waals surface area contributed by atoms with Crippen molar-refractivity contribution in [2.45, 2.75) is 63.6 Å². The predicted molar refractivity (Wildman–Crippen MR) is 132 cm³/mol. The van der Waals surface area contributed by atoms with Gasteiger partial charge in [-0.25, -0.2) is 0 Å².